The van der Waals surface area contributed by atoms with Gasteiger partial charge < -0.3 is 4.90 Å². The summed E-state index contributed by atoms with van der Waals surface area (Å²) in [4.78, 5) is 19.3. The monoisotopic (exact) mass is 466 g/mol. The molecule has 1 aliphatic heterocycles. The van der Waals surface area contributed by atoms with Crippen molar-refractivity contribution in [3.8, 4) is 0 Å². The van der Waals surface area contributed by atoms with Crippen molar-refractivity contribution in [3.05, 3.63) is 53.1 Å². The van der Waals surface area contributed by atoms with Crippen molar-refractivity contribution >= 4 is 51.1 Å². The molecule has 2 heterocycles. The van der Waals surface area contributed by atoms with Gasteiger partial charge in [-0.3, -0.25) is 4.79 Å². The lowest BCUT2D eigenvalue weighted by atomic mass is 9.79. The van der Waals surface area contributed by atoms with Crippen LogP contribution in [0.4, 0.5) is 5.69 Å². The Morgan fingerprint density at radius 2 is 2.16 bits per heavy atom. The van der Waals surface area contributed by atoms with Crippen LogP contribution in [0.3, 0.4) is 0 Å². The van der Waals surface area contributed by atoms with E-state index in [1.54, 1.807) is 17.6 Å². The van der Waals surface area contributed by atoms with Crippen molar-refractivity contribution in [3.63, 3.8) is 0 Å². The van der Waals surface area contributed by atoms with E-state index in [2.05, 4.69) is 67.2 Å². The van der Waals surface area contributed by atoms with Crippen LogP contribution in [0.5, 0.6) is 0 Å². The SMILES string of the molecule is CCN1c2cc(C)c(/C=N/NC(=O)CSc3nc4ccccc4s3)cc2C(C)CC1(C)C. The van der Waals surface area contributed by atoms with E-state index >= 15 is 0 Å². The van der Waals surface area contributed by atoms with Crippen LogP contribution in [0.1, 0.15) is 56.7 Å². The van der Waals surface area contributed by atoms with Crippen LogP contribution in [-0.4, -0.2) is 34.9 Å². The van der Waals surface area contributed by atoms with Gasteiger partial charge in [0.15, 0.2) is 4.34 Å². The first kappa shape index (κ1) is 22.8. The van der Waals surface area contributed by atoms with Crippen LogP contribution in [0.25, 0.3) is 10.2 Å². The van der Waals surface area contributed by atoms with Crippen LogP contribution < -0.4 is 10.3 Å². The van der Waals surface area contributed by atoms with Gasteiger partial charge in [0, 0.05) is 17.8 Å². The molecule has 5 nitrogen and oxygen atoms in total. The van der Waals surface area contributed by atoms with E-state index < -0.39 is 0 Å². The fourth-order valence-electron chi connectivity index (χ4n) is 4.63. The van der Waals surface area contributed by atoms with E-state index in [0.717, 1.165) is 38.6 Å². The second-order valence-electron chi connectivity index (χ2n) is 8.96. The number of thioether (sulfide) groups is 1. The zero-order valence-electron chi connectivity index (χ0n) is 19.3. The molecule has 32 heavy (non-hydrogen) atoms. The van der Waals surface area contributed by atoms with Gasteiger partial charge in [-0.1, -0.05) is 30.8 Å². The number of aromatic nitrogens is 1. The smallest absolute Gasteiger partial charge is 0.250 e. The third-order valence-electron chi connectivity index (χ3n) is 6.08. The highest BCUT2D eigenvalue weighted by Crippen LogP contribution is 2.44. The maximum Gasteiger partial charge on any atom is 0.250 e. The molecule has 1 amide bonds. The van der Waals surface area contributed by atoms with Crippen molar-refractivity contribution in [2.45, 2.75) is 56.8 Å². The molecule has 168 valence electrons. The first-order valence-corrected chi connectivity index (χ1v) is 12.8. The number of anilines is 1. The number of amides is 1. The van der Waals surface area contributed by atoms with Gasteiger partial charge in [-0.25, -0.2) is 10.4 Å². The molecule has 3 aromatic rings. The second kappa shape index (κ2) is 9.24. The van der Waals surface area contributed by atoms with E-state index in [-0.39, 0.29) is 17.2 Å². The zero-order valence-corrected chi connectivity index (χ0v) is 20.9. The molecule has 0 saturated carbocycles. The number of fused-ring (bicyclic) bond motifs is 2. The molecule has 0 spiro atoms. The molecule has 0 aliphatic carbocycles. The predicted molar refractivity (Wildman–Crippen MR) is 137 cm³/mol. The van der Waals surface area contributed by atoms with Crippen molar-refractivity contribution in [2.24, 2.45) is 5.10 Å². The Hall–Kier alpha value is -2.38. The number of nitrogens with zero attached hydrogens (tertiary/aromatic N) is 3. The van der Waals surface area contributed by atoms with Crippen molar-refractivity contribution in [1.82, 2.24) is 10.4 Å². The molecule has 7 heteroatoms. The van der Waals surface area contributed by atoms with Crippen LogP contribution in [0, 0.1) is 6.92 Å². The lowest BCUT2D eigenvalue weighted by molar-refractivity contribution is -0.118. The molecule has 4 rings (SSSR count). The van der Waals surface area contributed by atoms with Gasteiger partial charge in [-0.15, -0.1) is 11.3 Å². The largest absolute Gasteiger partial charge is 0.366 e. The molecule has 1 unspecified atom stereocenters. The van der Waals surface area contributed by atoms with Gasteiger partial charge in [-0.05, 0) is 81.0 Å². The van der Waals surface area contributed by atoms with Gasteiger partial charge in [0.05, 0.1) is 22.2 Å². The maximum atomic E-state index is 12.3. The molecular weight excluding hydrogens is 436 g/mol. The number of para-hydroxylation sites is 1. The van der Waals surface area contributed by atoms with Crippen molar-refractivity contribution < 1.29 is 4.79 Å². The standard InChI is InChI=1S/C25H30N4OS2/c1-6-29-21-11-16(2)18(12-19(21)17(3)13-25(29,4)5)14-26-28-23(30)15-31-24-27-20-9-7-8-10-22(20)32-24/h7-12,14,17H,6,13,15H2,1-5H3,(H,28,30)/b26-14+. The zero-order chi connectivity index (χ0) is 22.9. The molecular formula is C25H30N4OS2. The summed E-state index contributed by atoms with van der Waals surface area (Å²) in [6, 6.07) is 12.5. The number of hydrazone groups is 1. The molecule has 1 N–H and O–H groups in total. The third kappa shape index (κ3) is 4.69. The number of carbonyl (C=O) groups excluding carboxylic acids is 1. The number of rotatable bonds is 6. The average Bonchev–Trinajstić information content (AvgIpc) is 3.16. The Morgan fingerprint density at radius 1 is 1.38 bits per heavy atom. The van der Waals surface area contributed by atoms with Gasteiger partial charge in [-0.2, -0.15) is 5.10 Å². The molecule has 1 atom stereocenters. The van der Waals surface area contributed by atoms with E-state index in [9.17, 15) is 4.79 Å². The van der Waals surface area contributed by atoms with Crippen LogP contribution >= 0.6 is 23.1 Å². The Morgan fingerprint density at radius 3 is 2.91 bits per heavy atom. The average molecular weight is 467 g/mol. The normalized spacial score (nSPS) is 17.7. The van der Waals surface area contributed by atoms with E-state index in [1.165, 1.54) is 23.0 Å². The summed E-state index contributed by atoms with van der Waals surface area (Å²) in [5.41, 5.74) is 8.67. The van der Waals surface area contributed by atoms with Crippen LogP contribution in [0.15, 0.2) is 45.8 Å². The van der Waals surface area contributed by atoms with Crippen LogP contribution in [-0.2, 0) is 4.79 Å². The minimum Gasteiger partial charge on any atom is -0.366 e. The highest BCUT2D eigenvalue weighted by atomic mass is 32.2. The molecule has 2 aromatic carbocycles. The number of thiazole rings is 1. The summed E-state index contributed by atoms with van der Waals surface area (Å²) < 4.78 is 2.03. The van der Waals surface area contributed by atoms with Gasteiger partial charge in [0.25, 0.3) is 5.91 Å². The summed E-state index contributed by atoms with van der Waals surface area (Å²) in [7, 11) is 0. The highest BCUT2D eigenvalue weighted by Gasteiger charge is 2.35. The quantitative estimate of drug-likeness (QED) is 0.277. The first-order valence-electron chi connectivity index (χ1n) is 11.0. The van der Waals surface area contributed by atoms with Gasteiger partial charge in [0.2, 0.25) is 0 Å². The molecule has 1 aliphatic rings. The molecule has 1 aromatic heterocycles. The number of aryl methyl sites for hydroxylation is 1. The minimum absolute atomic E-state index is 0.131. The Balaban J connectivity index is 1.41. The molecule has 0 bridgehead atoms. The topological polar surface area (TPSA) is 57.6 Å². The maximum absolute atomic E-state index is 12.3. The number of hydrogen-bond acceptors (Lipinski definition) is 6. The number of hydrogen-bond donors (Lipinski definition) is 1. The molecule has 0 saturated heterocycles. The van der Waals surface area contributed by atoms with Gasteiger partial charge in [0.1, 0.15) is 0 Å². The van der Waals surface area contributed by atoms with E-state index in [1.807, 2.05) is 24.3 Å². The summed E-state index contributed by atoms with van der Waals surface area (Å²) in [6.45, 7) is 12.2. The molecule has 0 radical (unpaired) electrons. The Labute approximate surface area is 198 Å². The Kier molecular flexibility index (Phi) is 6.58. The predicted octanol–water partition coefficient (Wildman–Crippen LogP) is 5.96. The summed E-state index contributed by atoms with van der Waals surface area (Å²) in [6.07, 6.45) is 2.88. The third-order valence-corrected chi connectivity index (χ3v) is 8.26. The number of benzene rings is 2. The summed E-state index contributed by atoms with van der Waals surface area (Å²) >= 11 is 3.05. The number of nitrogens with one attached hydrogen (secondary N) is 1. The fourth-order valence-corrected chi connectivity index (χ4v) is 6.50. The summed E-state index contributed by atoms with van der Waals surface area (Å²) in [5.74, 6) is 0.640. The minimum atomic E-state index is -0.131. The molecule has 0 fully saturated rings. The summed E-state index contributed by atoms with van der Waals surface area (Å²) in [5, 5.41) is 4.23. The Bertz CT molecular complexity index is 1130. The van der Waals surface area contributed by atoms with E-state index in [4.69, 9.17) is 0 Å². The lowest BCUT2D eigenvalue weighted by Gasteiger charge is -2.47. The second-order valence-corrected chi connectivity index (χ2v) is 11.2. The lowest BCUT2D eigenvalue weighted by Crippen LogP contribution is -2.48. The highest BCUT2D eigenvalue weighted by molar-refractivity contribution is 8.01. The van der Waals surface area contributed by atoms with Crippen molar-refractivity contribution in [1.29, 1.82) is 0 Å². The van der Waals surface area contributed by atoms with Gasteiger partial charge >= 0.3 is 0 Å². The fraction of sp³-hybridized carbons (Fsp3) is 0.400. The van der Waals surface area contributed by atoms with E-state index in [0.29, 0.717) is 5.92 Å². The first-order chi connectivity index (χ1) is 15.3. The number of carbonyl (C=O) groups is 1. The van der Waals surface area contributed by atoms with Crippen LogP contribution in [0.2, 0.25) is 0 Å². The van der Waals surface area contributed by atoms with Crippen molar-refractivity contribution in [2.75, 3.05) is 17.2 Å².